The van der Waals surface area contributed by atoms with Crippen molar-refractivity contribution in [2.24, 2.45) is 23.5 Å². The molecule has 2 bridgehead atoms. The number of nitrogens with zero attached hydrogens (tertiary/aromatic N) is 2. The van der Waals surface area contributed by atoms with Crippen molar-refractivity contribution < 1.29 is 53.2 Å². The third-order valence-corrected chi connectivity index (χ3v) is 12.1. The zero-order chi connectivity index (χ0) is 38.7. The zero-order valence-electron chi connectivity index (χ0n) is 30.8. The van der Waals surface area contributed by atoms with E-state index in [2.05, 4.69) is 28.6 Å². The summed E-state index contributed by atoms with van der Waals surface area (Å²) in [5.41, 5.74) is 7.62. The Hall–Kier alpha value is -4.70. The van der Waals surface area contributed by atoms with Crippen molar-refractivity contribution in [1.29, 1.82) is 0 Å². The minimum atomic E-state index is -1.33. The number of carbonyl (C=O) groups is 6. The van der Waals surface area contributed by atoms with Gasteiger partial charge in [-0.2, -0.15) is 0 Å². The standard InChI is InChI=1S/C38H51N5O11/c1-42-14-11-38-26-7-9-29(34(38)54-33-28(52-2)8-6-21(32(33)38)17-27(26)42)53-37(51)43-13-10-23(36(49)50)15-24(43)19-41-35(48)22(5-3-4-12-39)16-25(44)20-40-30(45)18-31(46)47/h6,8-9,22-24,26-27,34H,3-5,7,10-20,39H2,1-2H3,(H,40,45)(H,41,48)(H,46,47)(H,49,50)/t22-,23?,24-,26+,27-,34+,38+/m1/s1. The van der Waals surface area contributed by atoms with E-state index in [0.717, 1.165) is 24.9 Å². The van der Waals surface area contributed by atoms with E-state index >= 15 is 0 Å². The lowest BCUT2D eigenvalue weighted by atomic mass is 9.53. The Morgan fingerprint density at radius 3 is 2.63 bits per heavy atom. The third-order valence-electron chi connectivity index (χ3n) is 12.1. The van der Waals surface area contributed by atoms with Gasteiger partial charge >= 0.3 is 18.0 Å². The van der Waals surface area contributed by atoms with E-state index in [0.29, 0.717) is 55.5 Å². The maximum atomic E-state index is 14.1. The molecule has 0 radical (unpaired) electrons. The van der Waals surface area contributed by atoms with Gasteiger partial charge in [0.15, 0.2) is 23.4 Å². The SMILES string of the molecule is COc1ccc2c3c1O[C@H]1C(OC(=O)N4CCC(C(=O)O)C[C@@H]4CNC(=O)[C@H](CCCCN)CC(=O)CNC(=O)CC(=O)O)=CC[C@H]4[C@@H](C2)N(C)CC[C@]314. The molecule has 3 amide bonds. The smallest absolute Gasteiger partial charge is 0.415 e. The quantitative estimate of drug-likeness (QED) is 0.120. The Labute approximate surface area is 313 Å². The Morgan fingerprint density at radius 1 is 1.11 bits per heavy atom. The number of benzene rings is 1. The molecule has 16 nitrogen and oxygen atoms in total. The van der Waals surface area contributed by atoms with Crippen molar-refractivity contribution in [1.82, 2.24) is 20.4 Å². The van der Waals surface area contributed by atoms with Crippen LogP contribution in [0.3, 0.4) is 0 Å². The molecule has 7 atom stereocenters. The lowest BCUT2D eigenvalue weighted by molar-refractivity contribution is -0.144. The molecule has 3 heterocycles. The summed E-state index contributed by atoms with van der Waals surface area (Å²) >= 11 is 0. The predicted molar refractivity (Wildman–Crippen MR) is 192 cm³/mol. The van der Waals surface area contributed by atoms with E-state index in [-0.39, 0.29) is 38.3 Å². The Kier molecular flexibility index (Phi) is 11.8. The summed E-state index contributed by atoms with van der Waals surface area (Å²) in [5.74, 6) is -3.56. The molecule has 1 aromatic rings. The normalized spacial score (nSPS) is 27.1. The average Bonchev–Trinajstić information content (AvgIpc) is 3.50. The van der Waals surface area contributed by atoms with Gasteiger partial charge in [0, 0.05) is 42.4 Å². The molecule has 3 aliphatic heterocycles. The summed E-state index contributed by atoms with van der Waals surface area (Å²) in [6.45, 7) is 0.864. The number of unbranched alkanes of at least 4 members (excludes halogenated alkanes) is 1. The second-order valence-corrected chi connectivity index (χ2v) is 15.2. The second-order valence-electron chi connectivity index (χ2n) is 15.2. The fourth-order valence-electron chi connectivity index (χ4n) is 9.40. The number of Topliss-reactive ketones (excluding diaryl/α,β-unsaturated/α-hetero) is 1. The summed E-state index contributed by atoms with van der Waals surface area (Å²) in [7, 11) is 3.77. The minimum Gasteiger partial charge on any atom is -0.493 e. The van der Waals surface area contributed by atoms with E-state index in [1.165, 1.54) is 10.5 Å². The predicted octanol–water partition coefficient (Wildman–Crippen LogP) is 1.57. The van der Waals surface area contributed by atoms with Gasteiger partial charge in [-0.05, 0) is 88.7 Å². The fourth-order valence-corrected chi connectivity index (χ4v) is 9.40. The molecule has 0 aromatic heterocycles. The van der Waals surface area contributed by atoms with Gasteiger partial charge in [-0.15, -0.1) is 0 Å². The molecule has 1 aromatic carbocycles. The zero-order valence-corrected chi connectivity index (χ0v) is 30.8. The minimum absolute atomic E-state index is 0.0698. The molecular weight excluding hydrogens is 702 g/mol. The molecule has 54 heavy (non-hydrogen) atoms. The lowest BCUT2D eigenvalue weighted by Gasteiger charge is -2.56. The largest absolute Gasteiger partial charge is 0.493 e. The first-order valence-corrected chi connectivity index (χ1v) is 18.8. The first kappa shape index (κ1) is 39.0. The number of methoxy groups -OCH3 is 1. The van der Waals surface area contributed by atoms with Gasteiger partial charge in [0.25, 0.3) is 0 Å². The van der Waals surface area contributed by atoms with E-state index in [1.54, 1.807) is 7.11 Å². The molecule has 1 unspecified atom stereocenters. The number of likely N-dealkylation sites (N-methyl/N-ethyl adjacent to an activating group) is 1. The number of ether oxygens (including phenoxy) is 3. The number of aliphatic carboxylic acids is 2. The first-order valence-electron chi connectivity index (χ1n) is 18.8. The number of piperidine rings is 2. The van der Waals surface area contributed by atoms with Gasteiger partial charge in [0.1, 0.15) is 12.2 Å². The van der Waals surface area contributed by atoms with Gasteiger partial charge in [-0.1, -0.05) is 12.5 Å². The second kappa shape index (κ2) is 16.3. The van der Waals surface area contributed by atoms with Crippen molar-refractivity contribution in [2.75, 3.05) is 46.9 Å². The number of carbonyl (C=O) groups excluding carboxylic acids is 4. The van der Waals surface area contributed by atoms with E-state index < -0.39 is 78.0 Å². The highest BCUT2D eigenvalue weighted by Gasteiger charge is 2.65. The van der Waals surface area contributed by atoms with Crippen molar-refractivity contribution in [3.05, 3.63) is 35.1 Å². The van der Waals surface area contributed by atoms with Crippen molar-refractivity contribution in [3.63, 3.8) is 0 Å². The monoisotopic (exact) mass is 753 g/mol. The van der Waals surface area contributed by atoms with E-state index in [1.807, 2.05) is 12.1 Å². The number of nitrogens with one attached hydrogen (secondary N) is 2. The summed E-state index contributed by atoms with van der Waals surface area (Å²) < 4.78 is 18.7. The number of hydrogen-bond acceptors (Lipinski definition) is 11. The van der Waals surface area contributed by atoms with Crippen LogP contribution in [0.15, 0.2) is 24.0 Å². The number of likely N-dealkylation sites (tertiary alicyclic amines) is 2. The number of amides is 3. The van der Waals surface area contributed by atoms with Crippen LogP contribution in [-0.2, 0) is 40.5 Å². The van der Waals surface area contributed by atoms with Gasteiger partial charge in [0.05, 0.1) is 25.6 Å². The van der Waals surface area contributed by atoms with Gasteiger partial charge < -0.3 is 50.6 Å². The molecule has 6 rings (SSSR count). The summed E-state index contributed by atoms with van der Waals surface area (Å²) in [5, 5.41) is 23.8. The number of allylic oxidation sites excluding steroid dienone is 1. The number of rotatable bonds is 16. The van der Waals surface area contributed by atoms with Crippen LogP contribution in [0.1, 0.15) is 68.9 Å². The molecule has 0 saturated carbocycles. The molecule has 6 N–H and O–H groups in total. The number of carboxylic acids is 2. The number of ketones is 1. The Balaban J connectivity index is 1.16. The van der Waals surface area contributed by atoms with Crippen LogP contribution in [0.5, 0.6) is 11.5 Å². The van der Waals surface area contributed by atoms with Crippen LogP contribution < -0.4 is 25.8 Å². The van der Waals surface area contributed by atoms with Gasteiger partial charge in [-0.25, -0.2) is 4.79 Å². The lowest BCUT2D eigenvalue weighted by Crippen LogP contribution is -2.63. The maximum Gasteiger partial charge on any atom is 0.415 e. The number of nitrogens with two attached hydrogens (primary N) is 1. The van der Waals surface area contributed by atoms with Crippen LogP contribution in [0.4, 0.5) is 4.79 Å². The van der Waals surface area contributed by atoms with E-state index in [4.69, 9.17) is 25.1 Å². The molecule has 16 heteroatoms. The van der Waals surface area contributed by atoms with Crippen molar-refractivity contribution in [2.45, 2.75) is 87.8 Å². The summed E-state index contributed by atoms with van der Waals surface area (Å²) in [6.07, 6.45) is 3.99. The highest BCUT2D eigenvalue weighted by molar-refractivity contribution is 5.96. The molecule has 2 aliphatic carbocycles. The molecular formula is C38H51N5O11. The van der Waals surface area contributed by atoms with Crippen LogP contribution in [0.25, 0.3) is 0 Å². The van der Waals surface area contributed by atoms with E-state index in [9.17, 15) is 33.9 Å². The topological polar surface area (TPSA) is 227 Å². The fraction of sp³-hybridized carbons (Fsp3) is 0.632. The van der Waals surface area contributed by atoms with Crippen LogP contribution in [-0.4, -0.2) is 121 Å². The molecule has 2 saturated heterocycles. The van der Waals surface area contributed by atoms with Crippen molar-refractivity contribution >= 4 is 35.6 Å². The maximum absolute atomic E-state index is 14.1. The summed E-state index contributed by atoms with van der Waals surface area (Å²) in [6, 6.07) is 3.64. The van der Waals surface area contributed by atoms with Crippen LogP contribution in [0.2, 0.25) is 0 Å². The van der Waals surface area contributed by atoms with Gasteiger partial charge in [-0.3, -0.25) is 24.0 Å². The van der Waals surface area contributed by atoms with Gasteiger partial charge in [0.2, 0.25) is 11.8 Å². The summed E-state index contributed by atoms with van der Waals surface area (Å²) in [4.78, 5) is 78.8. The van der Waals surface area contributed by atoms with Crippen LogP contribution in [0, 0.1) is 17.8 Å². The Bertz CT molecular complexity index is 1700. The Morgan fingerprint density at radius 2 is 1.91 bits per heavy atom. The highest BCUT2D eigenvalue weighted by Crippen LogP contribution is 2.63. The van der Waals surface area contributed by atoms with Crippen LogP contribution >= 0.6 is 0 Å². The molecule has 5 aliphatic rings. The molecule has 2 fully saturated rings. The number of carboxylic acid groups (broad SMARTS) is 2. The molecule has 1 spiro atoms. The molecule has 294 valence electrons. The first-order chi connectivity index (χ1) is 25.9. The average molecular weight is 754 g/mol. The van der Waals surface area contributed by atoms with Crippen molar-refractivity contribution in [3.8, 4) is 11.5 Å². The number of hydrogen-bond donors (Lipinski definition) is 5. The highest BCUT2D eigenvalue weighted by atomic mass is 16.6. The third kappa shape index (κ3) is 7.63.